The summed E-state index contributed by atoms with van der Waals surface area (Å²) in [6.45, 7) is 2.12. The van der Waals surface area contributed by atoms with E-state index >= 15 is 0 Å². The predicted molar refractivity (Wildman–Crippen MR) is 145 cm³/mol. The minimum absolute atomic E-state index is 0.0454. The predicted octanol–water partition coefficient (Wildman–Crippen LogP) is 6.95. The molecule has 0 aromatic heterocycles. The molecule has 1 aromatic rings. The van der Waals surface area contributed by atoms with Crippen LogP contribution in [-0.4, -0.2) is 61.3 Å². The van der Waals surface area contributed by atoms with Crippen LogP contribution < -0.4 is 0 Å². The van der Waals surface area contributed by atoms with Gasteiger partial charge in [0.15, 0.2) is 0 Å². The van der Waals surface area contributed by atoms with Crippen molar-refractivity contribution in [3.05, 3.63) is 35.6 Å². The summed E-state index contributed by atoms with van der Waals surface area (Å²) in [5.41, 5.74) is 0.193. The third-order valence-corrected chi connectivity index (χ3v) is 8.96. The standard InChI is InChI=1S/C30H46FN3O3/c1-5-18-30(37-29(35)36-4)27(34(21-32-30)26-12-7-6-8-13-26)19-22-14-16-23(17-15-22)28(33(2)3)24-10-9-11-25(31)20-24/h9-11,20-23,26-28H,5-8,12-19H2,1-4H3. The summed E-state index contributed by atoms with van der Waals surface area (Å²) in [6.07, 6.45) is 14.5. The van der Waals surface area contributed by atoms with Crippen molar-refractivity contribution in [1.82, 2.24) is 9.80 Å². The first-order valence-electron chi connectivity index (χ1n) is 14.4. The smallest absolute Gasteiger partial charge is 0.438 e. The number of nitrogens with zero attached hydrogens (tertiary/aromatic N) is 3. The van der Waals surface area contributed by atoms with Gasteiger partial charge >= 0.3 is 6.16 Å². The molecule has 1 aliphatic heterocycles. The van der Waals surface area contributed by atoms with Crippen molar-refractivity contribution in [3.8, 4) is 0 Å². The fraction of sp³-hybridized carbons (Fsp3) is 0.733. The number of hydrogen-bond donors (Lipinski definition) is 0. The molecule has 6 nitrogen and oxygen atoms in total. The molecular weight excluding hydrogens is 469 g/mol. The van der Waals surface area contributed by atoms with Crippen molar-refractivity contribution in [3.63, 3.8) is 0 Å². The summed E-state index contributed by atoms with van der Waals surface area (Å²) in [5.74, 6) is 0.871. The third kappa shape index (κ3) is 6.47. The van der Waals surface area contributed by atoms with E-state index in [1.165, 1.54) is 45.3 Å². The maximum absolute atomic E-state index is 14.0. The van der Waals surface area contributed by atoms with E-state index in [4.69, 9.17) is 14.5 Å². The molecule has 0 N–H and O–H groups in total. The second-order valence-corrected chi connectivity index (χ2v) is 11.6. The van der Waals surface area contributed by atoms with Crippen molar-refractivity contribution < 1.29 is 18.7 Å². The number of carbonyl (C=O) groups excluding carboxylic acids is 1. The van der Waals surface area contributed by atoms with Crippen molar-refractivity contribution in [1.29, 1.82) is 0 Å². The molecule has 206 valence electrons. The number of rotatable bonds is 9. The Morgan fingerprint density at radius 1 is 1.16 bits per heavy atom. The topological polar surface area (TPSA) is 54.4 Å². The van der Waals surface area contributed by atoms with Crippen molar-refractivity contribution >= 4 is 12.5 Å². The lowest BCUT2D eigenvalue weighted by atomic mass is 9.73. The van der Waals surface area contributed by atoms with Gasteiger partial charge in [0.1, 0.15) is 5.82 Å². The molecule has 7 heteroatoms. The Morgan fingerprint density at radius 2 is 1.89 bits per heavy atom. The van der Waals surface area contributed by atoms with E-state index < -0.39 is 11.9 Å². The second-order valence-electron chi connectivity index (χ2n) is 11.6. The normalized spacial score (nSPS) is 29.5. The van der Waals surface area contributed by atoms with Crippen LogP contribution in [0.15, 0.2) is 29.3 Å². The highest BCUT2D eigenvalue weighted by Gasteiger charge is 2.51. The molecule has 2 aliphatic carbocycles. The molecule has 3 atom stereocenters. The van der Waals surface area contributed by atoms with Crippen LogP contribution in [0.2, 0.25) is 0 Å². The summed E-state index contributed by atoms with van der Waals surface area (Å²) in [6, 6.07) is 7.81. The molecular formula is C30H46FN3O3. The number of methoxy groups -OCH3 is 1. The lowest BCUT2D eigenvalue weighted by Crippen LogP contribution is -2.53. The second kappa shape index (κ2) is 12.6. The first-order valence-corrected chi connectivity index (χ1v) is 14.4. The van der Waals surface area contributed by atoms with Crippen LogP contribution in [0.1, 0.15) is 95.6 Å². The molecule has 1 heterocycles. The molecule has 3 unspecified atom stereocenters. The van der Waals surface area contributed by atoms with Crippen LogP contribution in [-0.2, 0) is 9.47 Å². The maximum atomic E-state index is 14.0. The van der Waals surface area contributed by atoms with Gasteiger partial charge in [-0.05, 0) is 75.7 Å². The monoisotopic (exact) mass is 515 g/mol. The summed E-state index contributed by atoms with van der Waals surface area (Å²) < 4.78 is 24.9. The van der Waals surface area contributed by atoms with Gasteiger partial charge in [0.2, 0.25) is 5.72 Å². The Balaban J connectivity index is 1.49. The number of benzene rings is 1. The van der Waals surface area contributed by atoms with E-state index in [-0.39, 0.29) is 17.9 Å². The van der Waals surface area contributed by atoms with Gasteiger partial charge in [0, 0.05) is 18.5 Å². The van der Waals surface area contributed by atoms with Gasteiger partial charge in [-0.25, -0.2) is 14.2 Å². The fourth-order valence-corrected chi connectivity index (χ4v) is 7.26. The Labute approximate surface area is 222 Å². The molecule has 0 bridgehead atoms. The largest absolute Gasteiger partial charge is 0.510 e. The van der Waals surface area contributed by atoms with Gasteiger partial charge in [0.05, 0.1) is 19.5 Å². The summed E-state index contributed by atoms with van der Waals surface area (Å²) >= 11 is 0. The Morgan fingerprint density at radius 3 is 2.51 bits per heavy atom. The molecule has 2 saturated carbocycles. The molecule has 1 aromatic carbocycles. The lowest BCUT2D eigenvalue weighted by Gasteiger charge is -2.44. The highest BCUT2D eigenvalue weighted by Crippen LogP contribution is 2.45. The molecule has 4 rings (SSSR count). The highest BCUT2D eigenvalue weighted by molar-refractivity contribution is 5.64. The van der Waals surface area contributed by atoms with Gasteiger partial charge in [-0.15, -0.1) is 0 Å². The Bertz CT molecular complexity index is 911. The van der Waals surface area contributed by atoms with Crippen LogP contribution in [0.3, 0.4) is 0 Å². The number of hydrogen-bond acceptors (Lipinski definition) is 6. The molecule has 0 amide bonds. The number of carbonyl (C=O) groups is 1. The Hall–Kier alpha value is -2.15. The summed E-state index contributed by atoms with van der Waals surface area (Å²) in [7, 11) is 5.57. The average molecular weight is 516 g/mol. The SMILES string of the molecule is CCCC1(OC(=O)OC)N=CN(C2CCCCC2)C1CC1CCC(C(c2cccc(F)c2)N(C)C)CC1. The number of halogens is 1. The highest BCUT2D eigenvalue weighted by atomic mass is 19.1. The van der Waals surface area contributed by atoms with E-state index in [1.54, 1.807) is 6.07 Å². The molecule has 3 aliphatic rings. The molecule has 2 fully saturated rings. The van der Waals surface area contributed by atoms with Crippen LogP contribution in [0.4, 0.5) is 9.18 Å². The first-order chi connectivity index (χ1) is 17.9. The molecule has 37 heavy (non-hydrogen) atoms. The quantitative estimate of drug-likeness (QED) is 0.333. The maximum Gasteiger partial charge on any atom is 0.510 e. The minimum atomic E-state index is -0.871. The van der Waals surface area contributed by atoms with Crippen molar-refractivity contribution in [2.45, 2.75) is 108 Å². The van der Waals surface area contributed by atoms with Gasteiger partial charge in [-0.3, -0.25) is 0 Å². The van der Waals surface area contributed by atoms with Crippen LogP contribution >= 0.6 is 0 Å². The zero-order chi connectivity index (χ0) is 26.4. The van der Waals surface area contributed by atoms with E-state index in [9.17, 15) is 9.18 Å². The van der Waals surface area contributed by atoms with Crippen LogP contribution in [0.5, 0.6) is 0 Å². The van der Waals surface area contributed by atoms with Gasteiger partial charge < -0.3 is 19.3 Å². The summed E-state index contributed by atoms with van der Waals surface area (Å²) in [5, 5.41) is 0. The fourth-order valence-electron chi connectivity index (χ4n) is 7.26. The van der Waals surface area contributed by atoms with E-state index in [2.05, 4.69) is 36.9 Å². The van der Waals surface area contributed by atoms with Crippen molar-refractivity contribution in [2.24, 2.45) is 16.8 Å². The lowest BCUT2D eigenvalue weighted by molar-refractivity contribution is -0.0686. The van der Waals surface area contributed by atoms with Gasteiger partial charge in [-0.1, -0.05) is 57.6 Å². The van der Waals surface area contributed by atoms with Gasteiger partial charge in [-0.2, -0.15) is 0 Å². The van der Waals surface area contributed by atoms with Gasteiger partial charge in [0.25, 0.3) is 0 Å². The third-order valence-electron chi connectivity index (χ3n) is 8.96. The first kappa shape index (κ1) is 27.9. The zero-order valence-electron chi connectivity index (χ0n) is 23.2. The van der Waals surface area contributed by atoms with E-state index in [0.717, 1.165) is 44.1 Å². The van der Waals surface area contributed by atoms with E-state index in [0.29, 0.717) is 24.3 Å². The number of aliphatic imine (C=N–C) groups is 1. The summed E-state index contributed by atoms with van der Waals surface area (Å²) in [4.78, 5) is 21.9. The zero-order valence-corrected chi connectivity index (χ0v) is 23.2. The number of ether oxygens (including phenoxy) is 2. The molecule has 0 spiro atoms. The Kier molecular flexibility index (Phi) is 9.49. The molecule has 0 saturated heterocycles. The van der Waals surface area contributed by atoms with Crippen molar-refractivity contribution in [2.75, 3.05) is 21.2 Å². The van der Waals surface area contributed by atoms with Crippen LogP contribution in [0, 0.1) is 17.7 Å². The average Bonchev–Trinajstić information content (AvgIpc) is 3.23. The molecule has 0 radical (unpaired) electrons. The van der Waals surface area contributed by atoms with E-state index in [1.807, 2.05) is 12.4 Å². The minimum Gasteiger partial charge on any atom is -0.438 e. The van der Waals surface area contributed by atoms with Crippen LogP contribution in [0.25, 0.3) is 0 Å².